The van der Waals surface area contributed by atoms with E-state index in [1.165, 1.54) is 6.07 Å². The van der Waals surface area contributed by atoms with Gasteiger partial charge in [-0.05, 0) is 75.3 Å². The number of hydrogen-bond acceptors (Lipinski definition) is 6. The number of hydrogen-bond donors (Lipinski definition) is 1. The van der Waals surface area contributed by atoms with Gasteiger partial charge < -0.3 is 23.8 Å². The molecule has 2 aliphatic heterocycles. The van der Waals surface area contributed by atoms with Crippen LogP contribution in [0.3, 0.4) is 0 Å². The van der Waals surface area contributed by atoms with Gasteiger partial charge >= 0.3 is 7.12 Å². The van der Waals surface area contributed by atoms with Crippen molar-refractivity contribution in [1.82, 2.24) is 19.5 Å². The molecule has 1 N–H and O–H groups in total. The zero-order valence-corrected chi connectivity index (χ0v) is 26.8. The summed E-state index contributed by atoms with van der Waals surface area (Å²) in [4.78, 5) is 26.7. The van der Waals surface area contributed by atoms with Gasteiger partial charge in [0.05, 0.1) is 28.5 Å². The number of H-pyrrole nitrogens is 1. The van der Waals surface area contributed by atoms with Crippen LogP contribution in [0.5, 0.6) is 0 Å². The third-order valence-corrected chi connectivity index (χ3v) is 9.55. The van der Waals surface area contributed by atoms with Crippen LogP contribution in [0.1, 0.15) is 62.7 Å². The summed E-state index contributed by atoms with van der Waals surface area (Å²) in [5, 5.41) is 0. The van der Waals surface area contributed by atoms with E-state index in [9.17, 15) is 4.79 Å². The summed E-state index contributed by atoms with van der Waals surface area (Å²) in [6.45, 7) is 8.87. The lowest BCUT2D eigenvalue weighted by Gasteiger charge is -2.32. The first-order valence-electron chi connectivity index (χ1n) is 15.9. The lowest BCUT2D eigenvalue weighted by atomic mass is 9.79. The molecule has 5 aromatic rings. The fraction of sp³-hybridized carbons (Fsp3) is 0.306. The summed E-state index contributed by atoms with van der Waals surface area (Å²) in [5.41, 5.74) is 2.28. The van der Waals surface area contributed by atoms with Gasteiger partial charge in [-0.25, -0.2) is 4.98 Å². The Bertz CT molecular complexity index is 1920. The first-order chi connectivity index (χ1) is 22.5. The summed E-state index contributed by atoms with van der Waals surface area (Å²) < 4.78 is 45.0. The lowest BCUT2D eigenvalue weighted by molar-refractivity contribution is 0.00578. The fourth-order valence-corrected chi connectivity index (χ4v) is 6.32. The minimum atomic E-state index is -0.780. The molecule has 3 aromatic heterocycles. The minimum Gasteiger partial charge on any atom is -0.399 e. The van der Waals surface area contributed by atoms with Crippen molar-refractivity contribution in [2.24, 2.45) is 0 Å². The van der Waals surface area contributed by atoms with Crippen molar-refractivity contribution >= 4 is 18.4 Å². The molecule has 5 heterocycles. The van der Waals surface area contributed by atoms with Gasteiger partial charge in [-0.15, -0.1) is 0 Å². The van der Waals surface area contributed by atoms with Gasteiger partial charge in [-0.1, -0.05) is 60.7 Å². The SMILES string of the molecule is CC1(C)OB(c2cc3n(c(=O)c2)[C@H](c2[nH]c(-c4ccc(N(Cc5ccccc5)Cc5ccccc5)nc4F)nc2F)CC3)OC1(C)C. The third kappa shape index (κ3) is 5.89. The lowest BCUT2D eigenvalue weighted by Crippen LogP contribution is -2.41. The predicted molar refractivity (Wildman–Crippen MR) is 177 cm³/mol. The number of anilines is 1. The maximum atomic E-state index is 15.7. The molecule has 11 heteroatoms. The second-order valence-corrected chi connectivity index (χ2v) is 13.3. The highest BCUT2D eigenvalue weighted by molar-refractivity contribution is 6.62. The minimum absolute atomic E-state index is 0.0158. The van der Waals surface area contributed by atoms with Crippen LogP contribution in [0.15, 0.2) is 89.7 Å². The van der Waals surface area contributed by atoms with Crippen LogP contribution in [-0.4, -0.2) is 37.8 Å². The second kappa shape index (κ2) is 11.9. The van der Waals surface area contributed by atoms with Gasteiger partial charge in [0.2, 0.25) is 11.9 Å². The number of aromatic amines is 1. The highest BCUT2D eigenvalue weighted by Crippen LogP contribution is 2.37. The molecule has 2 aromatic carbocycles. The number of aryl methyl sites for hydroxylation is 1. The van der Waals surface area contributed by atoms with Crippen LogP contribution >= 0.6 is 0 Å². The summed E-state index contributed by atoms with van der Waals surface area (Å²) in [6.07, 6.45) is 1.03. The van der Waals surface area contributed by atoms with Crippen LogP contribution in [-0.2, 0) is 28.8 Å². The van der Waals surface area contributed by atoms with Crippen LogP contribution in [0, 0.1) is 11.9 Å². The molecule has 2 aliphatic rings. The van der Waals surface area contributed by atoms with Crippen LogP contribution in [0.4, 0.5) is 14.6 Å². The summed E-state index contributed by atoms with van der Waals surface area (Å²) in [6, 6.07) is 25.9. The normalized spacial score (nSPS) is 18.0. The summed E-state index contributed by atoms with van der Waals surface area (Å²) >= 11 is 0. The predicted octanol–water partition coefficient (Wildman–Crippen LogP) is 5.95. The third-order valence-electron chi connectivity index (χ3n) is 9.55. The summed E-state index contributed by atoms with van der Waals surface area (Å²) in [7, 11) is -0.678. The van der Waals surface area contributed by atoms with E-state index in [4.69, 9.17) is 9.31 Å². The number of fused-ring (bicyclic) bond motifs is 1. The van der Waals surface area contributed by atoms with Crippen molar-refractivity contribution in [3.05, 3.63) is 130 Å². The van der Waals surface area contributed by atoms with Crippen LogP contribution in [0.25, 0.3) is 11.4 Å². The number of nitrogens with zero attached hydrogens (tertiary/aromatic N) is 4. The van der Waals surface area contributed by atoms with Crippen molar-refractivity contribution in [2.45, 2.75) is 70.9 Å². The van der Waals surface area contributed by atoms with Gasteiger partial charge in [0, 0.05) is 24.8 Å². The zero-order valence-electron chi connectivity index (χ0n) is 26.8. The number of rotatable bonds is 8. The Kier molecular flexibility index (Phi) is 7.84. The largest absolute Gasteiger partial charge is 0.495 e. The molecule has 0 spiro atoms. The summed E-state index contributed by atoms with van der Waals surface area (Å²) in [5.74, 6) is -1.09. The molecule has 7 rings (SSSR count). The molecule has 0 aliphatic carbocycles. The molecular weight excluding hydrogens is 599 g/mol. The molecule has 1 atom stereocenters. The van der Waals surface area contributed by atoms with Crippen molar-refractivity contribution in [3.63, 3.8) is 0 Å². The van der Waals surface area contributed by atoms with Gasteiger partial charge in [0.1, 0.15) is 11.6 Å². The molecule has 0 bridgehead atoms. The molecule has 47 heavy (non-hydrogen) atoms. The maximum absolute atomic E-state index is 15.7. The Morgan fingerprint density at radius 1 is 0.872 bits per heavy atom. The number of halogens is 2. The van der Waals surface area contributed by atoms with Gasteiger partial charge in [0.15, 0.2) is 0 Å². The first kappa shape index (κ1) is 31.0. The maximum Gasteiger partial charge on any atom is 0.495 e. The Balaban J connectivity index is 1.16. The first-order valence-corrected chi connectivity index (χ1v) is 15.9. The van der Waals surface area contributed by atoms with Gasteiger partial charge in [0.25, 0.3) is 5.56 Å². The van der Waals surface area contributed by atoms with Crippen molar-refractivity contribution in [1.29, 1.82) is 0 Å². The van der Waals surface area contributed by atoms with E-state index < -0.39 is 36.3 Å². The van der Waals surface area contributed by atoms with E-state index in [2.05, 4.69) is 15.0 Å². The van der Waals surface area contributed by atoms with E-state index in [0.717, 1.165) is 16.8 Å². The number of nitrogens with one attached hydrogen (secondary N) is 1. The number of benzene rings is 2. The monoisotopic (exact) mass is 635 g/mol. The molecular formula is C36H36BF2N5O3. The average molecular weight is 636 g/mol. The van der Waals surface area contributed by atoms with Crippen molar-refractivity contribution in [3.8, 4) is 11.4 Å². The van der Waals surface area contributed by atoms with E-state index in [-0.39, 0.29) is 22.6 Å². The average Bonchev–Trinajstić information content (AvgIpc) is 3.70. The number of imidazole rings is 1. The van der Waals surface area contributed by atoms with Crippen molar-refractivity contribution < 1.29 is 18.1 Å². The van der Waals surface area contributed by atoms with Gasteiger partial charge in [-0.2, -0.15) is 13.8 Å². The Hall–Kier alpha value is -4.61. The molecule has 0 unspecified atom stereocenters. The molecule has 1 saturated heterocycles. The van der Waals surface area contributed by atoms with E-state index in [1.54, 1.807) is 16.7 Å². The van der Waals surface area contributed by atoms with E-state index in [1.807, 2.05) is 99.3 Å². The Morgan fingerprint density at radius 2 is 1.49 bits per heavy atom. The molecule has 0 amide bonds. The highest BCUT2D eigenvalue weighted by Gasteiger charge is 2.52. The molecule has 1 fully saturated rings. The fourth-order valence-electron chi connectivity index (χ4n) is 6.32. The van der Waals surface area contributed by atoms with E-state index >= 15 is 8.78 Å². The standard InChI is InChI=1S/C36H36BF2N5O3/c1-35(2)36(3,4)47-37(46-35)25-19-26-15-17-28(44(26)30(45)20-25)31-33(39)42-34(41-31)27-16-18-29(40-32(27)38)43(21-23-11-7-5-8-12-23)22-24-13-9-6-10-14-24/h5-14,16,18-20,28H,15,17,21-22H2,1-4H3,(H,41,42)/t28-/m0/s1. The van der Waals surface area contributed by atoms with Crippen LogP contribution in [0.2, 0.25) is 0 Å². The van der Waals surface area contributed by atoms with Crippen molar-refractivity contribution in [2.75, 3.05) is 4.90 Å². The highest BCUT2D eigenvalue weighted by atomic mass is 19.1. The molecule has 8 nitrogen and oxygen atoms in total. The molecule has 0 radical (unpaired) electrons. The number of aromatic nitrogens is 4. The van der Waals surface area contributed by atoms with E-state index in [0.29, 0.717) is 37.2 Å². The van der Waals surface area contributed by atoms with Crippen LogP contribution < -0.4 is 15.9 Å². The zero-order chi connectivity index (χ0) is 32.9. The topological polar surface area (TPSA) is 85.3 Å². The second-order valence-electron chi connectivity index (χ2n) is 13.3. The quantitative estimate of drug-likeness (QED) is 0.168. The molecule has 240 valence electrons. The molecule has 0 saturated carbocycles. The Morgan fingerprint density at radius 3 is 2.09 bits per heavy atom. The Labute approximate surface area is 272 Å². The number of pyridine rings is 2. The smallest absolute Gasteiger partial charge is 0.399 e. The van der Waals surface area contributed by atoms with Gasteiger partial charge in [-0.3, -0.25) is 4.79 Å².